The van der Waals surface area contributed by atoms with Crippen molar-refractivity contribution in [1.29, 1.82) is 0 Å². The van der Waals surface area contributed by atoms with E-state index in [1.165, 1.54) is 11.3 Å². The van der Waals surface area contributed by atoms with Gasteiger partial charge in [-0.15, -0.1) is 11.3 Å². The lowest BCUT2D eigenvalue weighted by molar-refractivity contribution is 0.0476. The molecular formula is C25H18ClNO4S. The van der Waals surface area contributed by atoms with Gasteiger partial charge in [-0.05, 0) is 66.8 Å². The average Bonchev–Trinajstić information content (AvgIpc) is 3.48. The minimum absolute atomic E-state index is 0.277. The number of halogens is 1. The molecule has 5 rings (SSSR count). The van der Waals surface area contributed by atoms with Crippen LogP contribution in [0.3, 0.4) is 0 Å². The van der Waals surface area contributed by atoms with Gasteiger partial charge in [-0.3, -0.25) is 4.79 Å². The molecule has 0 atom stereocenters. The van der Waals surface area contributed by atoms with E-state index < -0.39 is 5.97 Å². The molecule has 3 heterocycles. The van der Waals surface area contributed by atoms with Crippen molar-refractivity contribution in [2.45, 2.75) is 19.3 Å². The number of para-hydroxylation sites is 1. The molecule has 32 heavy (non-hydrogen) atoms. The molecule has 1 aromatic carbocycles. The monoisotopic (exact) mass is 463 g/mol. The van der Waals surface area contributed by atoms with Crippen molar-refractivity contribution < 1.29 is 18.7 Å². The van der Waals surface area contributed by atoms with Gasteiger partial charge in [0.15, 0.2) is 6.61 Å². The summed E-state index contributed by atoms with van der Waals surface area (Å²) in [6.45, 7) is -0.337. The first-order chi connectivity index (χ1) is 15.6. The number of esters is 1. The number of pyridine rings is 1. The van der Waals surface area contributed by atoms with Crippen molar-refractivity contribution in [2.75, 3.05) is 6.61 Å². The molecule has 3 aromatic heterocycles. The van der Waals surface area contributed by atoms with Crippen LogP contribution in [0.5, 0.6) is 0 Å². The largest absolute Gasteiger partial charge is 0.465 e. The molecule has 1 aliphatic carbocycles. The number of aromatic nitrogens is 1. The fraction of sp³-hybridized carbons (Fsp3) is 0.160. The van der Waals surface area contributed by atoms with E-state index in [0.29, 0.717) is 26.7 Å². The second kappa shape index (κ2) is 8.73. The summed E-state index contributed by atoms with van der Waals surface area (Å²) in [5.74, 6) is -0.0527. The molecule has 7 heteroatoms. The van der Waals surface area contributed by atoms with E-state index in [0.717, 1.165) is 40.8 Å². The second-order valence-electron chi connectivity index (χ2n) is 7.47. The fourth-order valence-electron chi connectivity index (χ4n) is 3.99. The van der Waals surface area contributed by atoms with Crippen LogP contribution in [0.25, 0.3) is 22.6 Å². The van der Waals surface area contributed by atoms with Crippen LogP contribution < -0.4 is 0 Å². The number of Topliss-reactive ketones (excluding diaryl/α,β-unsaturated/α-hetero) is 1. The summed E-state index contributed by atoms with van der Waals surface area (Å²) in [6.07, 6.45) is 6.03. The first-order valence-electron chi connectivity index (χ1n) is 10.2. The Morgan fingerprint density at radius 3 is 2.78 bits per heavy atom. The molecule has 160 valence electrons. The Morgan fingerprint density at radius 1 is 1.12 bits per heavy atom. The van der Waals surface area contributed by atoms with Crippen LogP contribution in [0.2, 0.25) is 4.34 Å². The number of ether oxygens (including phenoxy) is 1. The SMILES string of the molecule is O=C(COC(=O)c1c2c(nc3ccccc13)/C(=C/c1ccco1)CCC2)c1ccc(Cl)s1. The van der Waals surface area contributed by atoms with E-state index in [4.69, 9.17) is 25.7 Å². The number of carbonyl (C=O) groups is 2. The molecular weight excluding hydrogens is 446 g/mol. The topological polar surface area (TPSA) is 69.4 Å². The van der Waals surface area contributed by atoms with Crippen LogP contribution in [0, 0.1) is 0 Å². The van der Waals surface area contributed by atoms with E-state index >= 15 is 0 Å². The zero-order valence-electron chi connectivity index (χ0n) is 17.0. The average molecular weight is 464 g/mol. The first kappa shape index (κ1) is 20.7. The molecule has 0 spiro atoms. The Balaban J connectivity index is 1.53. The van der Waals surface area contributed by atoms with Gasteiger partial charge in [0.2, 0.25) is 5.78 Å². The van der Waals surface area contributed by atoms with Gasteiger partial charge in [-0.1, -0.05) is 29.8 Å². The number of hydrogen-bond donors (Lipinski definition) is 0. The van der Waals surface area contributed by atoms with E-state index in [9.17, 15) is 9.59 Å². The van der Waals surface area contributed by atoms with Crippen LogP contribution >= 0.6 is 22.9 Å². The molecule has 0 bridgehead atoms. The Labute approximate surface area is 193 Å². The summed E-state index contributed by atoms with van der Waals surface area (Å²) in [4.78, 5) is 31.0. The summed E-state index contributed by atoms with van der Waals surface area (Å²) in [7, 11) is 0. The van der Waals surface area contributed by atoms with Gasteiger partial charge >= 0.3 is 5.97 Å². The molecule has 4 aromatic rings. The zero-order valence-corrected chi connectivity index (χ0v) is 18.5. The van der Waals surface area contributed by atoms with E-state index in [2.05, 4.69) is 0 Å². The third kappa shape index (κ3) is 3.99. The fourth-order valence-corrected chi connectivity index (χ4v) is 4.96. The lowest BCUT2D eigenvalue weighted by Gasteiger charge is -2.22. The molecule has 0 amide bonds. The Hall–Kier alpha value is -3.22. The van der Waals surface area contributed by atoms with Gasteiger partial charge in [-0.2, -0.15) is 0 Å². The van der Waals surface area contributed by atoms with Crippen molar-refractivity contribution >= 4 is 57.2 Å². The van der Waals surface area contributed by atoms with Crippen LogP contribution in [-0.2, 0) is 11.2 Å². The molecule has 5 nitrogen and oxygen atoms in total. The number of nitrogens with zero attached hydrogens (tertiary/aromatic N) is 1. The first-order valence-corrected chi connectivity index (χ1v) is 11.4. The van der Waals surface area contributed by atoms with Gasteiger partial charge in [0.05, 0.1) is 32.3 Å². The van der Waals surface area contributed by atoms with Crippen LogP contribution in [0.1, 0.15) is 49.9 Å². The summed E-state index contributed by atoms with van der Waals surface area (Å²) in [5, 5.41) is 0.724. The molecule has 0 saturated carbocycles. The minimum Gasteiger partial charge on any atom is -0.465 e. The molecule has 0 N–H and O–H groups in total. The molecule has 0 radical (unpaired) electrons. The van der Waals surface area contributed by atoms with Gasteiger partial charge < -0.3 is 9.15 Å². The predicted molar refractivity (Wildman–Crippen MR) is 125 cm³/mol. The van der Waals surface area contributed by atoms with Gasteiger partial charge in [-0.25, -0.2) is 9.78 Å². The predicted octanol–water partition coefficient (Wildman–Crippen LogP) is 6.46. The van der Waals surface area contributed by atoms with Gasteiger partial charge in [0.25, 0.3) is 0 Å². The zero-order chi connectivity index (χ0) is 22.1. The smallest absolute Gasteiger partial charge is 0.339 e. The van der Waals surface area contributed by atoms with Crippen molar-refractivity contribution in [2.24, 2.45) is 0 Å². The molecule has 0 fully saturated rings. The quantitative estimate of drug-likeness (QED) is 0.251. The number of carbonyl (C=O) groups excluding carboxylic acids is 2. The van der Waals surface area contributed by atoms with Crippen molar-refractivity contribution in [3.8, 4) is 0 Å². The number of hydrogen-bond acceptors (Lipinski definition) is 6. The van der Waals surface area contributed by atoms with Gasteiger partial charge in [0.1, 0.15) is 5.76 Å². The third-order valence-corrected chi connectivity index (χ3v) is 6.69. The number of thiophene rings is 1. The molecule has 1 aliphatic rings. The highest BCUT2D eigenvalue weighted by Gasteiger charge is 2.26. The summed E-state index contributed by atoms with van der Waals surface area (Å²) < 4.78 is 11.5. The summed E-state index contributed by atoms with van der Waals surface area (Å²) >= 11 is 7.08. The molecule has 0 saturated heterocycles. The Kier molecular flexibility index (Phi) is 5.64. The Bertz CT molecular complexity index is 1350. The number of fused-ring (bicyclic) bond motifs is 2. The standard InChI is InChI=1S/C25H18ClNO4S/c26-22-11-10-21(32-22)20(28)14-31-25(29)23-17-7-1-2-9-19(17)27-24-15(5-3-8-18(23)24)13-16-6-4-12-30-16/h1-2,4,6-7,9-13H,3,5,8,14H2/b15-13+. The maximum Gasteiger partial charge on any atom is 0.339 e. The minimum atomic E-state index is -0.518. The van der Waals surface area contributed by atoms with E-state index in [1.54, 1.807) is 18.4 Å². The van der Waals surface area contributed by atoms with E-state index in [-0.39, 0.29) is 12.4 Å². The van der Waals surface area contributed by atoms with E-state index in [1.807, 2.05) is 42.5 Å². The number of allylic oxidation sites excluding steroid dienone is 1. The maximum absolute atomic E-state index is 13.2. The van der Waals surface area contributed by atoms with Crippen LogP contribution in [-0.4, -0.2) is 23.3 Å². The lowest BCUT2D eigenvalue weighted by atomic mass is 9.86. The molecule has 0 unspecified atom stereocenters. The van der Waals surface area contributed by atoms with Crippen molar-refractivity contribution in [3.63, 3.8) is 0 Å². The number of benzene rings is 1. The van der Waals surface area contributed by atoms with Crippen LogP contribution in [0.4, 0.5) is 0 Å². The van der Waals surface area contributed by atoms with Gasteiger partial charge in [0, 0.05) is 5.39 Å². The summed E-state index contributed by atoms with van der Waals surface area (Å²) in [6, 6.07) is 14.5. The maximum atomic E-state index is 13.2. The highest BCUT2D eigenvalue weighted by atomic mass is 35.5. The Morgan fingerprint density at radius 2 is 2.00 bits per heavy atom. The molecule has 0 aliphatic heterocycles. The second-order valence-corrected chi connectivity index (χ2v) is 9.19. The lowest BCUT2D eigenvalue weighted by Crippen LogP contribution is -2.18. The normalized spacial score (nSPS) is 14.5. The highest BCUT2D eigenvalue weighted by molar-refractivity contribution is 7.18. The number of ketones is 1. The third-order valence-electron chi connectivity index (χ3n) is 5.42. The summed E-state index contributed by atoms with van der Waals surface area (Å²) in [5.41, 5.74) is 3.85. The van der Waals surface area contributed by atoms with Crippen LogP contribution in [0.15, 0.2) is 59.2 Å². The highest BCUT2D eigenvalue weighted by Crippen LogP contribution is 2.36. The van der Waals surface area contributed by atoms with Crippen molar-refractivity contribution in [1.82, 2.24) is 4.98 Å². The van der Waals surface area contributed by atoms with Crippen molar-refractivity contribution in [3.05, 3.63) is 86.6 Å². The number of furan rings is 1. The number of rotatable bonds is 5.